The first-order chi connectivity index (χ1) is 8.79. The molecule has 0 aliphatic rings. The predicted octanol–water partition coefficient (Wildman–Crippen LogP) is 5.71. The van der Waals surface area contributed by atoms with Crippen LogP contribution in [-0.4, -0.2) is 0 Å². The number of unbranched alkanes of at least 4 members (excludes halogenated alkanes) is 1. The molecule has 0 saturated carbocycles. The molecule has 18 heavy (non-hydrogen) atoms. The summed E-state index contributed by atoms with van der Waals surface area (Å²) in [6, 6.07) is 13.4. The van der Waals surface area contributed by atoms with Crippen LogP contribution in [-0.2, 0) is 6.42 Å². The largest absolute Gasteiger partial charge is 0.140 e. The van der Waals surface area contributed by atoms with Gasteiger partial charge in [-0.2, -0.15) is 0 Å². The Morgan fingerprint density at radius 1 is 1.06 bits per heavy atom. The molecule has 0 fully saturated rings. The van der Waals surface area contributed by atoms with Crippen molar-refractivity contribution in [3.05, 3.63) is 46.8 Å². The van der Waals surface area contributed by atoms with Crippen LogP contribution in [0, 0.1) is 6.92 Å². The maximum Gasteiger partial charge on any atom is 0.0354 e. The molecular formula is C17H18S. The van der Waals surface area contributed by atoms with Crippen molar-refractivity contribution in [2.45, 2.75) is 33.1 Å². The van der Waals surface area contributed by atoms with Crippen LogP contribution < -0.4 is 0 Å². The van der Waals surface area contributed by atoms with E-state index in [0.29, 0.717) is 0 Å². The summed E-state index contributed by atoms with van der Waals surface area (Å²) in [6.45, 7) is 4.53. The van der Waals surface area contributed by atoms with Crippen LogP contribution in [0.3, 0.4) is 0 Å². The summed E-state index contributed by atoms with van der Waals surface area (Å²) in [7, 11) is 0. The molecule has 92 valence electrons. The molecule has 0 bridgehead atoms. The average Bonchev–Trinajstić information content (AvgIpc) is 2.68. The fourth-order valence-corrected chi connectivity index (χ4v) is 3.76. The molecule has 0 radical (unpaired) electrons. The molecule has 1 aromatic heterocycles. The molecule has 0 nitrogen and oxygen atoms in total. The number of rotatable bonds is 3. The lowest BCUT2D eigenvalue weighted by atomic mass is 10.0. The number of hydrogen-bond acceptors (Lipinski definition) is 1. The molecule has 0 aliphatic heterocycles. The van der Waals surface area contributed by atoms with Crippen LogP contribution in [0.15, 0.2) is 36.4 Å². The smallest absolute Gasteiger partial charge is 0.0354 e. The van der Waals surface area contributed by atoms with E-state index >= 15 is 0 Å². The van der Waals surface area contributed by atoms with Crippen LogP contribution in [0.4, 0.5) is 0 Å². The van der Waals surface area contributed by atoms with Gasteiger partial charge in [0.05, 0.1) is 0 Å². The summed E-state index contributed by atoms with van der Waals surface area (Å²) in [6.07, 6.45) is 3.78. The highest BCUT2D eigenvalue weighted by atomic mass is 32.1. The second-order valence-corrected chi connectivity index (χ2v) is 6.19. The topological polar surface area (TPSA) is 0 Å². The van der Waals surface area contributed by atoms with Gasteiger partial charge in [-0.25, -0.2) is 0 Å². The molecule has 0 atom stereocenters. The highest BCUT2D eigenvalue weighted by Gasteiger charge is 2.09. The van der Waals surface area contributed by atoms with Crippen LogP contribution >= 0.6 is 11.3 Å². The van der Waals surface area contributed by atoms with E-state index in [1.807, 2.05) is 11.3 Å². The molecule has 0 aliphatic carbocycles. The van der Waals surface area contributed by atoms with Gasteiger partial charge in [-0.3, -0.25) is 0 Å². The molecular weight excluding hydrogens is 236 g/mol. The van der Waals surface area contributed by atoms with Crippen LogP contribution in [0.2, 0.25) is 0 Å². The third kappa shape index (κ3) is 1.93. The van der Waals surface area contributed by atoms with E-state index in [2.05, 4.69) is 50.2 Å². The van der Waals surface area contributed by atoms with E-state index in [-0.39, 0.29) is 0 Å². The maximum atomic E-state index is 2.37. The normalized spacial score (nSPS) is 11.4. The first-order valence-electron chi connectivity index (χ1n) is 6.70. The molecule has 0 saturated heterocycles. The van der Waals surface area contributed by atoms with E-state index in [4.69, 9.17) is 0 Å². The third-order valence-electron chi connectivity index (χ3n) is 3.64. The maximum absolute atomic E-state index is 2.37. The lowest BCUT2D eigenvalue weighted by Crippen LogP contribution is -1.85. The van der Waals surface area contributed by atoms with E-state index in [9.17, 15) is 0 Å². The van der Waals surface area contributed by atoms with Crippen LogP contribution in [0.1, 0.15) is 30.2 Å². The second-order valence-electron chi connectivity index (χ2n) is 4.94. The van der Waals surface area contributed by atoms with E-state index in [1.54, 1.807) is 5.56 Å². The SMILES string of the molecule is CCCCc1c(C)sc2cc3ccccc3cc12. The average molecular weight is 254 g/mol. The minimum atomic E-state index is 1.22. The van der Waals surface area contributed by atoms with E-state index in [0.717, 1.165) is 0 Å². The highest BCUT2D eigenvalue weighted by molar-refractivity contribution is 7.19. The molecule has 1 heterocycles. The van der Waals surface area contributed by atoms with Crippen molar-refractivity contribution >= 4 is 32.2 Å². The van der Waals surface area contributed by atoms with Crippen molar-refractivity contribution in [2.24, 2.45) is 0 Å². The van der Waals surface area contributed by atoms with Crippen molar-refractivity contribution in [1.29, 1.82) is 0 Å². The monoisotopic (exact) mass is 254 g/mol. The van der Waals surface area contributed by atoms with Crippen molar-refractivity contribution in [3.63, 3.8) is 0 Å². The Hall–Kier alpha value is -1.34. The van der Waals surface area contributed by atoms with Gasteiger partial charge in [0.25, 0.3) is 0 Å². The Labute approximate surface area is 112 Å². The summed E-state index contributed by atoms with van der Waals surface area (Å²) in [5.41, 5.74) is 1.57. The van der Waals surface area contributed by atoms with Crippen LogP contribution in [0.5, 0.6) is 0 Å². The summed E-state index contributed by atoms with van der Waals surface area (Å²) in [4.78, 5) is 1.49. The number of benzene rings is 2. The zero-order valence-electron chi connectivity index (χ0n) is 11.0. The molecule has 2 aromatic carbocycles. The van der Waals surface area contributed by atoms with Crippen LogP contribution in [0.25, 0.3) is 20.9 Å². The molecule has 0 amide bonds. The molecule has 0 spiro atoms. The number of hydrogen-bond donors (Lipinski definition) is 0. The fraction of sp³-hybridized carbons (Fsp3) is 0.294. The molecule has 3 rings (SSSR count). The first kappa shape index (κ1) is 11.7. The Morgan fingerprint density at radius 2 is 1.78 bits per heavy atom. The van der Waals surface area contributed by atoms with Gasteiger partial charge in [-0.05, 0) is 53.6 Å². The van der Waals surface area contributed by atoms with Crippen molar-refractivity contribution in [1.82, 2.24) is 0 Å². The Balaban J connectivity index is 2.23. The zero-order chi connectivity index (χ0) is 12.5. The van der Waals surface area contributed by atoms with E-state index < -0.39 is 0 Å². The Kier molecular flexibility index (Phi) is 3.09. The molecule has 0 N–H and O–H groups in total. The van der Waals surface area contributed by atoms with Gasteiger partial charge in [0.15, 0.2) is 0 Å². The minimum absolute atomic E-state index is 1.22. The third-order valence-corrected chi connectivity index (χ3v) is 4.75. The number of thiophene rings is 1. The fourth-order valence-electron chi connectivity index (χ4n) is 2.62. The van der Waals surface area contributed by atoms with Crippen molar-refractivity contribution < 1.29 is 0 Å². The number of aryl methyl sites for hydroxylation is 2. The molecule has 3 aromatic rings. The summed E-state index contributed by atoms with van der Waals surface area (Å²) >= 11 is 1.94. The minimum Gasteiger partial charge on any atom is -0.140 e. The second kappa shape index (κ2) is 4.74. The highest BCUT2D eigenvalue weighted by Crippen LogP contribution is 2.34. The molecule has 1 heteroatoms. The summed E-state index contributed by atoms with van der Waals surface area (Å²) in [5, 5.41) is 4.19. The Bertz CT molecular complexity index is 691. The van der Waals surface area contributed by atoms with Gasteiger partial charge in [-0.15, -0.1) is 11.3 Å². The first-order valence-corrected chi connectivity index (χ1v) is 7.52. The number of fused-ring (bicyclic) bond motifs is 2. The summed E-state index contributed by atoms with van der Waals surface area (Å²) in [5.74, 6) is 0. The Morgan fingerprint density at radius 3 is 2.50 bits per heavy atom. The van der Waals surface area contributed by atoms with Gasteiger partial charge < -0.3 is 0 Å². The van der Waals surface area contributed by atoms with Crippen molar-refractivity contribution in [3.8, 4) is 0 Å². The predicted molar refractivity (Wildman–Crippen MR) is 82.7 cm³/mol. The van der Waals surface area contributed by atoms with Gasteiger partial charge in [0.2, 0.25) is 0 Å². The van der Waals surface area contributed by atoms with Gasteiger partial charge in [-0.1, -0.05) is 37.6 Å². The summed E-state index contributed by atoms with van der Waals surface area (Å²) < 4.78 is 1.44. The zero-order valence-corrected chi connectivity index (χ0v) is 11.8. The lowest BCUT2D eigenvalue weighted by molar-refractivity contribution is 0.798. The van der Waals surface area contributed by atoms with Crippen molar-refractivity contribution in [2.75, 3.05) is 0 Å². The quantitative estimate of drug-likeness (QED) is 0.562. The van der Waals surface area contributed by atoms with Gasteiger partial charge >= 0.3 is 0 Å². The lowest BCUT2D eigenvalue weighted by Gasteiger charge is -2.02. The van der Waals surface area contributed by atoms with Gasteiger partial charge in [0, 0.05) is 9.58 Å². The van der Waals surface area contributed by atoms with Gasteiger partial charge in [0.1, 0.15) is 0 Å². The molecule has 0 unspecified atom stereocenters. The van der Waals surface area contributed by atoms with E-state index in [1.165, 1.54) is 45.0 Å². The standard InChI is InChI=1S/C17H18S/c1-3-4-9-15-12(2)18-17-11-14-8-6-5-7-13(14)10-16(15)17/h5-8,10-11H,3-4,9H2,1-2H3.